The van der Waals surface area contributed by atoms with E-state index in [-0.39, 0.29) is 37.1 Å². The highest BCUT2D eigenvalue weighted by Crippen LogP contribution is 2.41. The summed E-state index contributed by atoms with van der Waals surface area (Å²) in [5.74, 6) is -0.110. The van der Waals surface area contributed by atoms with Crippen molar-refractivity contribution in [3.05, 3.63) is 29.8 Å². The van der Waals surface area contributed by atoms with Crippen LogP contribution < -0.4 is 4.74 Å². The van der Waals surface area contributed by atoms with E-state index in [0.717, 1.165) is 0 Å². The first-order chi connectivity index (χ1) is 14.1. The number of aliphatic hydroxyl groups excluding tert-OH is 2. The highest BCUT2D eigenvalue weighted by Gasteiger charge is 2.53. The Kier molecular flexibility index (Phi) is 7.97. The number of carbonyl (C=O) groups is 3. The first-order valence-corrected chi connectivity index (χ1v) is 10.2. The number of imide groups is 1. The molecule has 30 heavy (non-hydrogen) atoms. The molecule has 0 spiro atoms. The van der Waals surface area contributed by atoms with Crippen LogP contribution in [0.15, 0.2) is 24.3 Å². The fourth-order valence-corrected chi connectivity index (χ4v) is 3.66. The van der Waals surface area contributed by atoms with E-state index in [0.29, 0.717) is 30.2 Å². The van der Waals surface area contributed by atoms with Gasteiger partial charge in [0.25, 0.3) is 0 Å². The normalized spacial score (nSPS) is 20.0. The van der Waals surface area contributed by atoms with Crippen molar-refractivity contribution in [1.29, 1.82) is 0 Å². The molecule has 1 aromatic rings. The maximum Gasteiger partial charge on any atom is 0.240 e. The zero-order valence-corrected chi connectivity index (χ0v) is 18.1. The van der Waals surface area contributed by atoms with Crippen LogP contribution in [0.2, 0.25) is 0 Å². The van der Waals surface area contributed by atoms with Crippen LogP contribution in [0, 0.1) is 5.92 Å². The van der Waals surface area contributed by atoms with Crippen molar-refractivity contribution in [2.45, 2.75) is 44.6 Å². The van der Waals surface area contributed by atoms with Gasteiger partial charge in [-0.25, -0.2) is 0 Å². The van der Waals surface area contributed by atoms with Crippen molar-refractivity contribution >= 4 is 17.7 Å². The summed E-state index contributed by atoms with van der Waals surface area (Å²) in [6.07, 6.45) is -0.665. The van der Waals surface area contributed by atoms with E-state index in [4.69, 9.17) is 9.84 Å². The minimum absolute atomic E-state index is 0.0623. The monoisotopic (exact) mass is 420 g/mol. The molecule has 0 unspecified atom stereocenters. The molecule has 0 saturated carbocycles. The molecular formula is C22H32N2O6. The maximum absolute atomic E-state index is 13.5. The molecule has 1 fully saturated rings. The van der Waals surface area contributed by atoms with Crippen LogP contribution in [0.25, 0.3) is 0 Å². The van der Waals surface area contributed by atoms with E-state index in [9.17, 15) is 19.5 Å². The molecule has 2 atom stereocenters. The number of methoxy groups -OCH3 is 1. The minimum atomic E-state index is -1.30. The first kappa shape index (κ1) is 23.8. The van der Waals surface area contributed by atoms with Gasteiger partial charge in [-0.05, 0) is 30.0 Å². The average Bonchev–Trinajstić information content (AvgIpc) is 2.96. The lowest BCUT2D eigenvalue weighted by Gasteiger charge is -2.30. The molecule has 0 bridgehead atoms. The van der Waals surface area contributed by atoms with E-state index < -0.39 is 18.1 Å². The van der Waals surface area contributed by atoms with E-state index in [2.05, 4.69) is 0 Å². The van der Waals surface area contributed by atoms with Crippen LogP contribution in [0.1, 0.15) is 38.7 Å². The molecule has 2 rings (SSSR count). The van der Waals surface area contributed by atoms with E-state index in [1.165, 1.54) is 24.0 Å². The Bertz CT molecular complexity index is 763. The quantitative estimate of drug-likeness (QED) is 0.546. The Morgan fingerprint density at radius 1 is 1.27 bits per heavy atom. The summed E-state index contributed by atoms with van der Waals surface area (Å²) in [4.78, 5) is 41.7. The highest BCUT2D eigenvalue weighted by atomic mass is 16.5. The number of rotatable bonds is 10. The Labute approximate surface area is 177 Å². The molecule has 1 saturated heterocycles. The van der Waals surface area contributed by atoms with Gasteiger partial charge in [0.1, 0.15) is 5.75 Å². The molecule has 0 radical (unpaired) electrons. The van der Waals surface area contributed by atoms with Crippen molar-refractivity contribution in [1.82, 2.24) is 9.80 Å². The molecule has 166 valence electrons. The van der Waals surface area contributed by atoms with Crippen LogP contribution in [0.3, 0.4) is 0 Å². The predicted octanol–water partition coefficient (Wildman–Crippen LogP) is 0.940. The fraction of sp³-hybridized carbons (Fsp3) is 0.591. The minimum Gasteiger partial charge on any atom is -0.497 e. The van der Waals surface area contributed by atoms with Gasteiger partial charge in [-0.3, -0.25) is 19.3 Å². The van der Waals surface area contributed by atoms with E-state index in [1.807, 2.05) is 13.8 Å². The molecule has 0 aromatic heterocycles. The Morgan fingerprint density at radius 2 is 1.90 bits per heavy atom. The first-order valence-electron chi connectivity index (χ1n) is 10.2. The van der Waals surface area contributed by atoms with Crippen LogP contribution >= 0.6 is 0 Å². The summed E-state index contributed by atoms with van der Waals surface area (Å²) in [7, 11) is 3.04. The molecule has 0 aliphatic carbocycles. The predicted molar refractivity (Wildman–Crippen MR) is 111 cm³/mol. The number of nitrogens with zero attached hydrogens (tertiary/aromatic N) is 2. The summed E-state index contributed by atoms with van der Waals surface area (Å²) >= 11 is 0. The SMILES string of the molecule is COc1ccc([C@@]2(CC(=O)N(C)C[C@@H](O)CO)CC(=O)N(CCC(C)C)C2=O)cc1. The van der Waals surface area contributed by atoms with Crippen molar-refractivity contribution < 1.29 is 29.3 Å². The van der Waals surface area contributed by atoms with Gasteiger partial charge in [0.2, 0.25) is 17.7 Å². The number of amides is 3. The van der Waals surface area contributed by atoms with Gasteiger partial charge in [0.15, 0.2) is 0 Å². The lowest BCUT2D eigenvalue weighted by Crippen LogP contribution is -2.44. The van der Waals surface area contributed by atoms with Crippen molar-refractivity contribution in [3.8, 4) is 5.75 Å². The Morgan fingerprint density at radius 3 is 2.43 bits per heavy atom. The number of benzene rings is 1. The Balaban J connectivity index is 2.37. The van der Waals surface area contributed by atoms with Gasteiger partial charge in [-0.15, -0.1) is 0 Å². The number of ether oxygens (including phenoxy) is 1. The van der Waals surface area contributed by atoms with E-state index in [1.54, 1.807) is 24.3 Å². The van der Waals surface area contributed by atoms with Gasteiger partial charge in [-0.1, -0.05) is 26.0 Å². The molecular weight excluding hydrogens is 388 g/mol. The lowest BCUT2D eigenvalue weighted by molar-refractivity contribution is -0.142. The maximum atomic E-state index is 13.5. The number of likely N-dealkylation sites (tertiary alicyclic amines) is 1. The molecule has 1 aliphatic rings. The molecule has 8 nitrogen and oxygen atoms in total. The third-order valence-corrected chi connectivity index (χ3v) is 5.56. The van der Waals surface area contributed by atoms with Crippen LogP contribution in [0.4, 0.5) is 0 Å². The van der Waals surface area contributed by atoms with Gasteiger partial charge in [0, 0.05) is 33.0 Å². The third-order valence-electron chi connectivity index (χ3n) is 5.56. The molecule has 3 amide bonds. The van der Waals surface area contributed by atoms with Gasteiger partial charge >= 0.3 is 0 Å². The van der Waals surface area contributed by atoms with Crippen LogP contribution in [-0.4, -0.2) is 77.7 Å². The molecule has 1 aromatic carbocycles. The molecule has 1 heterocycles. The second kappa shape index (κ2) is 10.0. The zero-order chi connectivity index (χ0) is 22.5. The van der Waals surface area contributed by atoms with Crippen LogP contribution in [0.5, 0.6) is 5.75 Å². The number of hydrogen-bond donors (Lipinski definition) is 2. The number of likely N-dealkylation sites (N-methyl/N-ethyl adjacent to an activating group) is 1. The fourth-order valence-electron chi connectivity index (χ4n) is 3.66. The molecule has 8 heteroatoms. The second-order valence-electron chi connectivity index (χ2n) is 8.31. The third kappa shape index (κ3) is 5.17. The summed E-state index contributed by atoms with van der Waals surface area (Å²) in [5, 5.41) is 18.7. The second-order valence-corrected chi connectivity index (χ2v) is 8.31. The van der Waals surface area contributed by atoms with Crippen molar-refractivity contribution in [3.63, 3.8) is 0 Å². The molecule has 2 N–H and O–H groups in total. The zero-order valence-electron chi connectivity index (χ0n) is 18.1. The standard InChI is InChI=1S/C22H32N2O6/c1-15(2)9-10-24-20(28)12-22(21(24)29,16-5-7-18(30-4)8-6-16)11-19(27)23(3)13-17(26)14-25/h5-8,15,17,25-26H,9-14H2,1-4H3/t17-,22-/m1/s1. The largest absolute Gasteiger partial charge is 0.497 e. The summed E-state index contributed by atoms with van der Waals surface area (Å²) in [5.41, 5.74) is -0.714. The number of hydrogen-bond acceptors (Lipinski definition) is 6. The summed E-state index contributed by atoms with van der Waals surface area (Å²) < 4.78 is 5.19. The average molecular weight is 421 g/mol. The highest BCUT2D eigenvalue weighted by molar-refractivity contribution is 6.10. The molecule has 1 aliphatic heterocycles. The lowest BCUT2D eigenvalue weighted by atomic mass is 9.75. The summed E-state index contributed by atoms with van der Waals surface area (Å²) in [6.45, 7) is 3.83. The topological polar surface area (TPSA) is 107 Å². The Hall–Kier alpha value is -2.45. The number of carbonyl (C=O) groups excluding carboxylic acids is 3. The van der Waals surface area contributed by atoms with Gasteiger partial charge in [-0.2, -0.15) is 0 Å². The van der Waals surface area contributed by atoms with Crippen LogP contribution in [-0.2, 0) is 19.8 Å². The summed E-state index contributed by atoms with van der Waals surface area (Å²) in [6, 6.07) is 6.84. The van der Waals surface area contributed by atoms with Gasteiger partial charge < -0.3 is 19.8 Å². The number of aliphatic hydroxyl groups is 2. The van der Waals surface area contributed by atoms with E-state index >= 15 is 0 Å². The smallest absolute Gasteiger partial charge is 0.240 e. The van der Waals surface area contributed by atoms with Crippen molar-refractivity contribution in [2.24, 2.45) is 5.92 Å². The van der Waals surface area contributed by atoms with Crippen molar-refractivity contribution in [2.75, 3.05) is 33.9 Å². The van der Waals surface area contributed by atoms with Gasteiger partial charge in [0.05, 0.1) is 25.2 Å².